The predicted molar refractivity (Wildman–Crippen MR) is 64.1 cm³/mol. The Morgan fingerprint density at radius 3 is 2.78 bits per heavy atom. The molecule has 0 aliphatic carbocycles. The smallest absolute Gasteiger partial charge is 0.329 e. The van der Waals surface area contributed by atoms with E-state index < -0.39 is 11.5 Å². The summed E-state index contributed by atoms with van der Waals surface area (Å²) in [4.78, 5) is 25.3. The number of carboxylic acid groups (broad SMARTS) is 1. The van der Waals surface area contributed by atoms with Gasteiger partial charge in [0.1, 0.15) is 11.2 Å². The Hall–Kier alpha value is -1.85. The van der Waals surface area contributed by atoms with Crippen LogP contribution >= 0.6 is 0 Å². The largest absolute Gasteiger partial charge is 0.479 e. The predicted octanol–water partition coefficient (Wildman–Crippen LogP) is 0.889. The molecule has 1 aromatic heterocycles. The minimum atomic E-state index is -1.06. The Kier molecular flexibility index (Phi) is 3.11. The van der Waals surface area contributed by atoms with Crippen molar-refractivity contribution in [2.45, 2.75) is 31.7 Å². The van der Waals surface area contributed by atoms with Crippen molar-refractivity contribution in [3.05, 3.63) is 18.0 Å². The van der Waals surface area contributed by atoms with E-state index in [1.165, 1.54) is 9.58 Å². The number of carbonyl (C=O) groups is 2. The number of hydrogen-bond donors (Lipinski definition) is 1. The number of aromatic nitrogens is 2. The number of carbonyl (C=O) groups excluding carboxylic acids is 1. The van der Waals surface area contributed by atoms with E-state index in [1.807, 2.05) is 0 Å². The van der Waals surface area contributed by atoms with Gasteiger partial charge in [-0.15, -0.1) is 0 Å². The van der Waals surface area contributed by atoms with Crippen LogP contribution < -0.4 is 0 Å². The molecule has 6 nitrogen and oxygen atoms in total. The van der Waals surface area contributed by atoms with Crippen LogP contribution in [0.4, 0.5) is 0 Å². The van der Waals surface area contributed by atoms with E-state index in [9.17, 15) is 14.7 Å². The van der Waals surface area contributed by atoms with Crippen LogP contribution in [-0.2, 0) is 11.8 Å². The highest BCUT2D eigenvalue weighted by molar-refractivity contribution is 5.96. The lowest BCUT2D eigenvalue weighted by Crippen LogP contribution is -2.52. The molecule has 1 N–H and O–H groups in total. The summed E-state index contributed by atoms with van der Waals surface area (Å²) in [7, 11) is 1.73. The summed E-state index contributed by atoms with van der Waals surface area (Å²) in [6.45, 7) is 2.29. The Bertz CT molecular complexity index is 483. The molecule has 2 heterocycles. The maximum absolute atomic E-state index is 12.3. The fourth-order valence-electron chi connectivity index (χ4n) is 2.58. The molecule has 2 rings (SSSR count). The number of likely N-dealkylation sites (tertiary alicyclic amines) is 1. The first-order valence-corrected chi connectivity index (χ1v) is 6.06. The van der Waals surface area contributed by atoms with Gasteiger partial charge in [0.15, 0.2) is 0 Å². The number of hydrogen-bond acceptors (Lipinski definition) is 3. The molecule has 1 saturated heterocycles. The van der Waals surface area contributed by atoms with Gasteiger partial charge in [-0.05, 0) is 25.3 Å². The summed E-state index contributed by atoms with van der Waals surface area (Å²) in [6.07, 6.45) is 3.33. The molecule has 98 valence electrons. The number of aryl methyl sites for hydroxylation is 1. The van der Waals surface area contributed by atoms with Gasteiger partial charge in [0, 0.05) is 19.8 Å². The van der Waals surface area contributed by atoms with Gasteiger partial charge < -0.3 is 10.0 Å². The first-order valence-electron chi connectivity index (χ1n) is 6.06. The van der Waals surface area contributed by atoms with Crippen molar-refractivity contribution in [3.8, 4) is 0 Å². The third-order valence-corrected chi connectivity index (χ3v) is 3.65. The molecule has 6 heteroatoms. The Morgan fingerprint density at radius 1 is 1.56 bits per heavy atom. The average molecular weight is 251 g/mol. The lowest BCUT2D eigenvalue weighted by atomic mass is 9.93. The summed E-state index contributed by atoms with van der Waals surface area (Å²) in [5.74, 6) is -1.22. The van der Waals surface area contributed by atoms with E-state index in [4.69, 9.17) is 0 Å². The maximum Gasteiger partial charge on any atom is 0.329 e. The minimum absolute atomic E-state index is 0.294. The van der Waals surface area contributed by atoms with Crippen LogP contribution in [0.25, 0.3) is 0 Å². The minimum Gasteiger partial charge on any atom is -0.479 e. The quantitative estimate of drug-likeness (QED) is 0.865. The molecule has 1 aliphatic rings. The van der Waals surface area contributed by atoms with E-state index >= 15 is 0 Å². The maximum atomic E-state index is 12.3. The van der Waals surface area contributed by atoms with Crippen molar-refractivity contribution in [3.63, 3.8) is 0 Å². The van der Waals surface area contributed by atoms with Crippen LogP contribution in [0.1, 0.15) is 36.7 Å². The summed E-state index contributed by atoms with van der Waals surface area (Å²) >= 11 is 0. The fourth-order valence-corrected chi connectivity index (χ4v) is 2.58. The van der Waals surface area contributed by atoms with Crippen LogP contribution in [0.3, 0.4) is 0 Å². The number of nitrogens with zero attached hydrogens (tertiary/aromatic N) is 3. The molecule has 1 unspecified atom stereocenters. The van der Waals surface area contributed by atoms with Gasteiger partial charge in [-0.2, -0.15) is 5.10 Å². The molecule has 0 aromatic carbocycles. The first kappa shape index (κ1) is 12.6. The van der Waals surface area contributed by atoms with E-state index in [2.05, 4.69) is 5.10 Å². The molecule has 1 fully saturated rings. The summed E-state index contributed by atoms with van der Waals surface area (Å²) in [5.41, 5.74) is -0.757. The van der Waals surface area contributed by atoms with E-state index in [0.717, 1.165) is 6.42 Å². The van der Waals surface area contributed by atoms with Crippen molar-refractivity contribution in [1.29, 1.82) is 0 Å². The monoisotopic (exact) mass is 251 g/mol. The topological polar surface area (TPSA) is 75.4 Å². The Morgan fingerprint density at radius 2 is 2.28 bits per heavy atom. The van der Waals surface area contributed by atoms with Crippen molar-refractivity contribution in [1.82, 2.24) is 14.7 Å². The van der Waals surface area contributed by atoms with Gasteiger partial charge in [-0.3, -0.25) is 9.48 Å². The zero-order valence-corrected chi connectivity index (χ0v) is 10.6. The van der Waals surface area contributed by atoms with Gasteiger partial charge in [-0.1, -0.05) is 6.92 Å². The van der Waals surface area contributed by atoms with Crippen LogP contribution in [0.15, 0.2) is 12.3 Å². The molecule has 1 aliphatic heterocycles. The third-order valence-electron chi connectivity index (χ3n) is 3.65. The number of rotatable bonds is 3. The first-order chi connectivity index (χ1) is 8.51. The molecule has 1 aromatic rings. The van der Waals surface area contributed by atoms with E-state index in [-0.39, 0.29) is 5.91 Å². The van der Waals surface area contributed by atoms with Crippen LogP contribution in [0.2, 0.25) is 0 Å². The Balaban J connectivity index is 2.32. The van der Waals surface area contributed by atoms with Gasteiger partial charge in [0.05, 0.1) is 0 Å². The average Bonchev–Trinajstić information content (AvgIpc) is 2.94. The summed E-state index contributed by atoms with van der Waals surface area (Å²) < 4.78 is 1.54. The zero-order valence-electron chi connectivity index (χ0n) is 10.6. The van der Waals surface area contributed by atoms with Gasteiger partial charge in [0.2, 0.25) is 0 Å². The third kappa shape index (κ3) is 1.77. The number of amides is 1. The zero-order chi connectivity index (χ0) is 13.3. The van der Waals surface area contributed by atoms with Crippen molar-refractivity contribution in [2.75, 3.05) is 6.54 Å². The van der Waals surface area contributed by atoms with Crippen LogP contribution in [0.5, 0.6) is 0 Å². The normalized spacial score (nSPS) is 23.3. The highest BCUT2D eigenvalue weighted by atomic mass is 16.4. The standard InChI is InChI=1S/C12H17N3O3/c1-3-12(11(17)18)6-4-7-15(12)10(16)9-5-8-14(2)13-9/h5,8H,3-4,6-7H2,1-2H3,(H,17,18). The van der Waals surface area contributed by atoms with Crippen LogP contribution in [0, 0.1) is 0 Å². The highest BCUT2D eigenvalue weighted by Gasteiger charge is 2.49. The Labute approximate surface area is 105 Å². The number of aliphatic carboxylic acids is 1. The molecule has 0 bridgehead atoms. The van der Waals surface area contributed by atoms with Gasteiger partial charge in [-0.25, -0.2) is 4.79 Å². The van der Waals surface area contributed by atoms with Crippen molar-refractivity contribution < 1.29 is 14.7 Å². The van der Waals surface area contributed by atoms with Gasteiger partial charge in [0.25, 0.3) is 5.91 Å². The summed E-state index contributed by atoms with van der Waals surface area (Å²) in [6, 6.07) is 1.61. The second-order valence-corrected chi connectivity index (χ2v) is 4.63. The van der Waals surface area contributed by atoms with Crippen molar-refractivity contribution in [2.24, 2.45) is 7.05 Å². The molecular formula is C12H17N3O3. The van der Waals surface area contributed by atoms with Gasteiger partial charge >= 0.3 is 5.97 Å². The fraction of sp³-hybridized carbons (Fsp3) is 0.583. The molecule has 18 heavy (non-hydrogen) atoms. The SMILES string of the molecule is CCC1(C(=O)O)CCCN1C(=O)c1ccn(C)n1. The van der Waals surface area contributed by atoms with Crippen LogP contribution in [-0.4, -0.2) is 43.7 Å². The second-order valence-electron chi connectivity index (χ2n) is 4.63. The van der Waals surface area contributed by atoms with E-state index in [1.54, 1.807) is 26.2 Å². The molecule has 0 saturated carbocycles. The molecule has 1 atom stereocenters. The molecule has 0 radical (unpaired) electrons. The number of carboxylic acids is 1. The molecule has 0 spiro atoms. The highest BCUT2D eigenvalue weighted by Crippen LogP contribution is 2.33. The van der Waals surface area contributed by atoms with Crippen molar-refractivity contribution >= 4 is 11.9 Å². The lowest BCUT2D eigenvalue weighted by Gasteiger charge is -2.33. The second kappa shape index (κ2) is 4.44. The van der Waals surface area contributed by atoms with E-state index in [0.29, 0.717) is 25.1 Å². The molecular weight excluding hydrogens is 234 g/mol. The molecule has 1 amide bonds. The summed E-state index contributed by atoms with van der Waals surface area (Å²) in [5, 5.41) is 13.5. The lowest BCUT2D eigenvalue weighted by molar-refractivity contribution is -0.148.